The van der Waals surface area contributed by atoms with Crippen molar-refractivity contribution in [2.24, 2.45) is 0 Å². The van der Waals surface area contributed by atoms with E-state index in [4.69, 9.17) is 19.9 Å². The Labute approximate surface area is 416 Å². The number of anilines is 8. The van der Waals surface area contributed by atoms with Crippen LogP contribution in [0, 0.1) is 11.6 Å². The lowest BCUT2D eigenvalue weighted by Gasteiger charge is -2.52. The summed E-state index contributed by atoms with van der Waals surface area (Å²) in [6.45, 7) is 7.54. The van der Waals surface area contributed by atoms with E-state index in [1.165, 1.54) is 40.4 Å². The third kappa shape index (κ3) is 8.66. The van der Waals surface area contributed by atoms with Crippen LogP contribution in [0.1, 0.15) is 48.2 Å². The van der Waals surface area contributed by atoms with E-state index in [0.717, 1.165) is 72.9 Å². The normalized spacial score (nSPS) is 20.4. The van der Waals surface area contributed by atoms with E-state index in [0.29, 0.717) is 88.7 Å². The van der Waals surface area contributed by atoms with E-state index in [9.17, 15) is 25.6 Å². The molecular formula is C51H53F2N11O4S3. The summed E-state index contributed by atoms with van der Waals surface area (Å²) < 4.78 is 79.4. The molecule has 8 heterocycles. The van der Waals surface area contributed by atoms with Crippen LogP contribution in [0.3, 0.4) is 0 Å². The Morgan fingerprint density at radius 2 is 1.18 bits per heavy atom. The van der Waals surface area contributed by atoms with Gasteiger partial charge in [-0.2, -0.15) is 9.97 Å². The molecule has 2 aromatic heterocycles. The average Bonchev–Trinajstić information content (AvgIpc) is 4.04. The highest BCUT2D eigenvalue weighted by Crippen LogP contribution is 2.49. The lowest BCUT2D eigenvalue weighted by molar-refractivity contribution is 0.119. The highest BCUT2D eigenvalue weighted by molar-refractivity contribution is 7.92. The zero-order valence-corrected chi connectivity index (χ0v) is 41.8. The molecule has 6 aliphatic heterocycles. The molecule has 0 radical (unpaired) electrons. The van der Waals surface area contributed by atoms with E-state index >= 15 is 0 Å². The van der Waals surface area contributed by atoms with Crippen molar-refractivity contribution in [3.8, 4) is 0 Å². The van der Waals surface area contributed by atoms with Gasteiger partial charge in [-0.3, -0.25) is 12.7 Å². The predicted octanol–water partition coefficient (Wildman–Crippen LogP) is 7.69. The molecule has 368 valence electrons. The van der Waals surface area contributed by atoms with Crippen molar-refractivity contribution in [1.29, 1.82) is 0 Å². The second-order valence-electron chi connectivity index (χ2n) is 18.9. The summed E-state index contributed by atoms with van der Waals surface area (Å²) in [5.74, 6) is 3.35. The number of fused-ring (bicyclic) bond motifs is 6. The number of piperidine rings is 2. The Morgan fingerprint density at radius 3 is 1.72 bits per heavy atom. The van der Waals surface area contributed by atoms with Crippen molar-refractivity contribution in [2.75, 3.05) is 87.6 Å². The summed E-state index contributed by atoms with van der Waals surface area (Å²) >= 11 is 0. The first-order valence-electron chi connectivity index (χ1n) is 23.7. The summed E-state index contributed by atoms with van der Waals surface area (Å²) in [6.07, 6.45) is 5.80. The van der Waals surface area contributed by atoms with Crippen LogP contribution in [0.15, 0.2) is 119 Å². The highest BCUT2D eigenvalue weighted by atomic mass is 32.2. The summed E-state index contributed by atoms with van der Waals surface area (Å²) in [5, 5.41) is 9.77. The van der Waals surface area contributed by atoms with Crippen molar-refractivity contribution in [2.45, 2.75) is 59.3 Å². The third-order valence-corrected chi connectivity index (χ3v) is 18.8. The smallest absolute Gasteiger partial charge is 0.232 e. The second-order valence-corrected chi connectivity index (χ2v) is 23.8. The van der Waals surface area contributed by atoms with Crippen LogP contribution < -0.4 is 30.1 Å². The van der Waals surface area contributed by atoms with Crippen LogP contribution in [0.25, 0.3) is 0 Å². The van der Waals surface area contributed by atoms with Gasteiger partial charge in [0.1, 0.15) is 21.4 Å². The molecule has 2 spiro atoms. The largest absolute Gasteiger partial charge is 0.352 e. The summed E-state index contributed by atoms with van der Waals surface area (Å²) in [7, 11) is -3.65. The fraction of sp³-hybridized carbons (Fsp3) is 0.333. The van der Waals surface area contributed by atoms with Crippen molar-refractivity contribution < 1.29 is 25.6 Å². The van der Waals surface area contributed by atoms with Crippen molar-refractivity contribution >= 4 is 77.9 Å². The first-order valence-corrected chi connectivity index (χ1v) is 28.2. The van der Waals surface area contributed by atoms with Crippen molar-refractivity contribution in [3.05, 3.63) is 144 Å². The monoisotopic (exact) mass is 1020 g/mol. The number of rotatable bonds is 7. The Hall–Kier alpha value is -6.51. The summed E-state index contributed by atoms with van der Waals surface area (Å²) in [6, 6.07) is 28.5. The standard InChI is InChI=1S/C26H27FN6OS.C25H26FN5O3S2/c1-17-28-21-9-4-3-8-20(21)26(32(17)2)11-13-33(14-12-26)25-30-22-10-15-35(34)23(22)24(31-25)29-19-7-5-6-18(27)16-19;1-36(33,34)31-16-25(19-7-2-3-8-21(19)31)10-12-30(13-11-25)24-28-20-9-14-35(32)22(20)23(29-24)27-18-6-4-5-17(26)15-18/h3-9,16,28H,1,10-15H2,2H3,(H,29,30,31);2-8,15H,9-14,16H2,1H3,(H,27,28,29). The maximum Gasteiger partial charge on any atom is 0.232 e. The lowest BCUT2D eigenvalue weighted by atomic mass is 9.74. The second kappa shape index (κ2) is 18.3. The quantitative estimate of drug-likeness (QED) is 0.142. The molecule has 6 aromatic rings. The summed E-state index contributed by atoms with van der Waals surface area (Å²) in [4.78, 5) is 26.9. The number of aryl methyl sites for hydroxylation is 2. The average molecular weight is 1020 g/mol. The Balaban J connectivity index is 0.000000154. The van der Waals surface area contributed by atoms with Crippen LogP contribution in [0.4, 0.5) is 55.1 Å². The van der Waals surface area contributed by atoms with E-state index in [1.807, 2.05) is 30.3 Å². The highest BCUT2D eigenvalue weighted by Gasteiger charge is 2.48. The van der Waals surface area contributed by atoms with Gasteiger partial charge in [0.2, 0.25) is 21.9 Å². The molecule has 6 aliphatic rings. The molecule has 4 aromatic carbocycles. The van der Waals surface area contributed by atoms with Gasteiger partial charge in [-0.05, 0) is 79.8 Å². The molecule has 2 unspecified atom stereocenters. The molecule has 20 heteroatoms. The van der Waals surface area contributed by atoms with Crippen molar-refractivity contribution in [3.63, 3.8) is 0 Å². The van der Waals surface area contributed by atoms with Crippen LogP contribution >= 0.6 is 0 Å². The molecule has 71 heavy (non-hydrogen) atoms. The van der Waals surface area contributed by atoms with Crippen LogP contribution in [0.5, 0.6) is 0 Å². The molecule has 2 atom stereocenters. The minimum absolute atomic E-state index is 0.143. The van der Waals surface area contributed by atoms with Gasteiger partial charge in [0.25, 0.3) is 0 Å². The molecule has 0 saturated carbocycles. The minimum atomic E-state index is -3.38. The maximum absolute atomic E-state index is 13.8. The van der Waals surface area contributed by atoms with Gasteiger partial charge in [0, 0.05) is 92.2 Å². The van der Waals surface area contributed by atoms with Gasteiger partial charge in [-0.1, -0.05) is 55.1 Å². The first kappa shape index (κ1) is 46.8. The maximum atomic E-state index is 13.8. The van der Waals surface area contributed by atoms with Crippen molar-refractivity contribution in [1.82, 2.24) is 24.8 Å². The number of halogens is 2. The van der Waals surface area contributed by atoms with Crippen LogP contribution in [-0.2, 0) is 55.4 Å². The number of sulfonamides is 1. The molecule has 12 rings (SSSR count). The Bertz CT molecular complexity index is 3270. The number of benzene rings is 4. The van der Waals surface area contributed by atoms with E-state index in [-0.39, 0.29) is 22.6 Å². The van der Waals surface area contributed by atoms with Crippen LogP contribution in [0.2, 0.25) is 0 Å². The molecular weight excluding hydrogens is 965 g/mol. The molecule has 0 amide bonds. The van der Waals surface area contributed by atoms with Gasteiger partial charge in [0.05, 0.1) is 56.3 Å². The molecule has 3 N–H and O–H groups in total. The lowest BCUT2D eigenvalue weighted by Crippen LogP contribution is -2.54. The fourth-order valence-corrected chi connectivity index (χ4v) is 14.6. The number of nitrogens with one attached hydrogen (secondary N) is 3. The molecule has 15 nitrogen and oxygen atoms in total. The Kier molecular flexibility index (Phi) is 12.1. The first-order chi connectivity index (χ1) is 34.2. The topological polar surface area (TPSA) is 169 Å². The van der Waals surface area contributed by atoms with E-state index < -0.39 is 31.6 Å². The number of nitrogens with zero attached hydrogens (tertiary/aromatic N) is 8. The van der Waals surface area contributed by atoms with Gasteiger partial charge in [-0.15, -0.1) is 0 Å². The zero-order valence-electron chi connectivity index (χ0n) is 39.3. The van der Waals surface area contributed by atoms with Crippen LogP contribution in [-0.4, -0.2) is 99.2 Å². The minimum Gasteiger partial charge on any atom is -0.352 e. The summed E-state index contributed by atoms with van der Waals surface area (Å²) in [5.41, 5.74) is 6.52. The SMILES string of the molecule is C=C1Nc2ccccc2C2(CCN(c3nc4c(c(Nc5cccc(F)c5)n3)S(=O)CC4)CC2)N1C.CS(=O)(=O)N1CC2(CCN(c3nc4c(c(Nc5cccc(F)c5)n3)S(=O)CC4)CC2)c2ccccc21. The Morgan fingerprint density at radius 1 is 0.676 bits per heavy atom. The van der Waals surface area contributed by atoms with Gasteiger partial charge >= 0.3 is 0 Å². The van der Waals surface area contributed by atoms with E-state index in [2.05, 4.69) is 62.5 Å². The predicted molar refractivity (Wildman–Crippen MR) is 275 cm³/mol. The third-order valence-electron chi connectivity index (χ3n) is 14.7. The number of aromatic nitrogens is 4. The molecule has 2 saturated heterocycles. The fourth-order valence-electron chi connectivity index (χ4n) is 11.0. The van der Waals surface area contributed by atoms with Gasteiger partial charge in [-0.25, -0.2) is 27.2 Å². The number of hydrogen-bond donors (Lipinski definition) is 3. The number of para-hydroxylation sites is 2. The molecule has 0 bridgehead atoms. The molecule has 2 fully saturated rings. The number of hydrogen-bond acceptors (Lipinski definition) is 14. The van der Waals surface area contributed by atoms with E-state index in [1.54, 1.807) is 24.3 Å². The molecule has 0 aliphatic carbocycles. The van der Waals surface area contributed by atoms with Gasteiger partial charge in [0.15, 0.2) is 11.6 Å². The van der Waals surface area contributed by atoms with Gasteiger partial charge < -0.3 is 30.7 Å². The zero-order chi connectivity index (χ0) is 49.2.